The summed E-state index contributed by atoms with van der Waals surface area (Å²) in [6.07, 6.45) is 6.41. The number of nitrogens with zero attached hydrogens (tertiary/aromatic N) is 1. The number of aromatic amines is 1. The number of phenols is 1. The first kappa shape index (κ1) is 26.8. The Balaban J connectivity index is 1.57. The number of Topliss-reactive ketones (excluding diaryl/α,β-unsaturated/α-hetero) is 1. The molecule has 1 heterocycles. The fourth-order valence-electron chi connectivity index (χ4n) is 5.58. The van der Waals surface area contributed by atoms with Crippen LogP contribution in [0.4, 0.5) is 0 Å². The zero-order valence-corrected chi connectivity index (χ0v) is 23.3. The van der Waals surface area contributed by atoms with E-state index >= 15 is 0 Å². The maximum absolute atomic E-state index is 13.3. The van der Waals surface area contributed by atoms with Crippen LogP contribution >= 0.6 is 11.8 Å². The molecular formula is C29H40N2O4S. The molecular weight excluding hydrogens is 472 g/mol. The van der Waals surface area contributed by atoms with E-state index in [0.717, 1.165) is 49.7 Å². The lowest BCUT2D eigenvalue weighted by atomic mass is 9.78. The average molecular weight is 513 g/mol. The van der Waals surface area contributed by atoms with Crippen LogP contribution in [0.25, 0.3) is 0 Å². The van der Waals surface area contributed by atoms with Gasteiger partial charge < -0.3 is 10.1 Å². The van der Waals surface area contributed by atoms with Crippen LogP contribution in [0.3, 0.4) is 0 Å². The van der Waals surface area contributed by atoms with E-state index < -0.39 is 0 Å². The van der Waals surface area contributed by atoms with Crippen LogP contribution in [0.1, 0.15) is 124 Å². The number of carbonyl (C=O) groups is 1. The van der Waals surface area contributed by atoms with Gasteiger partial charge in [0.25, 0.3) is 5.56 Å². The van der Waals surface area contributed by atoms with Crippen molar-refractivity contribution in [2.75, 3.05) is 5.75 Å². The van der Waals surface area contributed by atoms with E-state index in [4.69, 9.17) is 0 Å². The molecule has 2 aliphatic carbocycles. The second-order valence-corrected chi connectivity index (χ2v) is 13.7. The predicted molar refractivity (Wildman–Crippen MR) is 147 cm³/mol. The maximum atomic E-state index is 13.3. The summed E-state index contributed by atoms with van der Waals surface area (Å²) in [7, 11) is 0. The van der Waals surface area contributed by atoms with Crippen molar-refractivity contribution in [2.24, 2.45) is 0 Å². The molecule has 2 aliphatic rings. The minimum Gasteiger partial charge on any atom is -0.507 e. The Morgan fingerprint density at radius 1 is 1.00 bits per heavy atom. The second kappa shape index (κ2) is 9.88. The highest BCUT2D eigenvalue weighted by molar-refractivity contribution is 8.00. The van der Waals surface area contributed by atoms with Crippen molar-refractivity contribution < 1.29 is 9.90 Å². The molecule has 1 atom stereocenters. The number of phenolic OH excluding ortho intramolecular Hbond substituents is 1. The monoisotopic (exact) mass is 512 g/mol. The molecule has 1 aromatic heterocycles. The van der Waals surface area contributed by atoms with Crippen molar-refractivity contribution in [1.82, 2.24) is 9.55 Å². The molecule has 36 heavy (non-hydrogen) atoms. The Morgan fingerprint density at radius 2 is 1.58 bits per heavy atom. The van der Waals surface area contributed by atoms with Crippen LogP contribution in [0.5, 0.6) is 5.75 Å². The van der Waals surface area contributed by atoms with Gasteiger partial charge >= 0.3 is 5.69 Å². The third-order valence-corrected chi connectivity index (χ3v) is 8.95. The lowest BCUT2D eigenvalue weighted by Gasteiger charge is -2.28. The smallest absolute Gasteiger partial charge is 0.328 e. The summed E-state index contributed by atoms with van der Waals surface area (Å²) in [4.78, 5) is 42.5. The van der Waals surface area contributed by atoms with Gasteiger partial charge in [-0.15, -0.1) is 11.8 Å². The van der Waals surface area contributed by atoms with E-state index in [1.54, 1.807) is 0 Å². The summed E-state index contributed by atoms with van der Waals surface area (Å²) < 4.78 is 1.45. The number of H-pyrrole nitrogens is 1. The van der Waals surface area contributed by atoms with Gasteiger partial charge in [0.05, 0.1) is 5.75 Å². The van der Waals surface area contributed by atoms with Gasteiger partial charge in [0.1, 0.15) is 5.75 Å². The van der Waals surface area contributed by atoms with Crippen LogP contribution < -0.4 is 11.2 Å². The number of ketones is 1. The molecule has 1 unspecified atom stereocenters. The van der Waals surface area contributed by atoms with Gasteiger partial charge in [-0.25, -0.2) is 4.79 Å². The zero-order valence-electron chi connectivity index (χ0n) is 22.5. The molecule has 0 saturated heterocycles. The molecule has 7 heteroatoms. The molecule has 0 radical (unpaired) electrons. The van der Waals surface area contributed by atoms with Crippen LogP contribution in [0, 0.1) is 0 Å². The number of thioether (sulfide) groups is 1. The second-order valence-electron chi connectivity index (χ2n) is 12.5. The van der Waals surface area contributed by atoms with Gasteiger partial charge in [-0.1, -0.05) is 60.8 Å². The topological polar surface area (TPSA) is 92.2 Å². The first-order valence-electron chi connectivity index (χ1n) is 13.2. The van der Waals surface area contributed by atoms with Crippen molar-refractivity contribution in [2.45, 2.75) is 109 Å². The number of nitrogens with one attached hydrogen (secondary N) is 1. The molecule has 1 fully saturated rings. The minimum absolute atomic E-state index is 0.00268. The van der Waals surface area contributed by atoms with Gasteiger partial charge in [-0.05, 0) is 48.6 Å². The Kier molecular flexibility index (Phi) is 7.35. The summed E-state index contributed by atoms with van der Waals surface area (Å²) in [6.45, 7) is 12.2. The number of rotatable bonds is 5. The number of aromatic nitrogens is 2. The molecule has 0 spiro atoms. The molecule has 2 aromatic rings. The highest BCUT2D eigenvalue weighted by Crippen LogP contribution is 2.42. The SMILES string of the molecule is CC(C)(C)c1cc(C(=O)CSC2CCc3c2[nH]c(=O)n(C2CCCCC2)c3=O)cc(C(C)(C)C)c1O. The van der Waals surface area contributed by atoms with Crippen molar-refractivity contribution in [3.63, 3.8) is 0 Å². The number of carbonyl (C=O) groups excluding carboxylic acids is 1. The van der Waals surface area contributed by atoms with Crippen molar-refractivity contribution in [3.05, 3.63) is 60.9 Å². The lowest BCUT2D eigenvalue weighted by molar-refractivity contribution is 0.102. The first-order valence-corrected chi connectivity index (χ1v) is 14.2. The van der Waals surface area contributed by atoms with E-state index in [1.165, 1.54) is 16.3 Å². The molecule has 2 N–H and O–H groups in total. The number of aromatic hydroxyl groups is 1. The Bertz CT molecular complexity index is 1240. The van der Waals surface area contributed by atoms with Crippen LogP contribution in [0.15, 0.2) is 21.7 Å². The lowest BCUT2D eigenvalue weighted by Crippen LogP contribution is -2.41. The van der Waals surface area contributed by atoms with Gasteiger partial charge in [-0.2, -0.15) is 0 Å². The summed E-state index contributed by atoms with van der Waals surface area (Å²) in [6, 6.07) is 3.64. The number of fused-ring (bicyclic) bond motifs is 1. The van der Waals surface area contributed by atoms with Crippen LogP contribution in [0.2, 0.25) is 0 Å². The predicted octanol–water partition coefficient (Wildman–Crippen LogP) is 5.95. The Labute approximate surface area is 217 Å². The fourth-order valence-corrected chi connectivity index (χ4v) is 6.75. The number of benzene rings is 1. The molecule has 6 nitrogen and oxygen atoms in total. The van der Waals surface area contributed by atoms with E-state index in [-0.39, 0.29) is 50.7 Å². The highest BCUT2D eigenvalue weighted by atomic mass is 32.2. The van der Waals surface area contributed by atoms with E-state index in [0.29, 0.717) is 23.2 Å². The van der Waals surface area contributed by atoms with E-state index in [9.17, 15) is 19.5 Å². The van der Waals surface area contributed by atoms with Gasteiger partial charge in [0.15, 0.2) is 5.78 Å². The van der Waals surface area contributed by atoms with Crippen molar-refractivity contribution in [1.29, 1.82) is 0 Å². The molecule has 0 aliphatic heterocycles. The third-order valence-electron chi connectivity index (χ3n) is 7.64. The van der Waals surface area contributed by atoms with E-state index in [1.807, 2.05) is 53.7 Å². The number of hydrogen-bond donors (Lipinski definition) is 2. The zero-order chi connectivity index (χ0) is 26.4. The largest absolute Gasteiger partial charge is 0.507 e. The standard InChI is InChI=1S/C29H40N2O4S/c1-28(2,3)20-14-17(15-21(25(20)33)29(4,5)6)22(32)16-36-23-13-12-19-24(23)30-27(35)31(26(19)34)18-10-8-7-9-11-18/h14-15,18,23,33H,7-13,16H2,1-6H3,(H,30,35). The molecule has 1 saturated carbocycles. The van der Waals surface area contributed by atoms with Gasteiger partial charge in [0.2, 0.25) is 0 Å². The van der Waals surface area contributed by atoms with Crippen LogP contribution in [-0.2, 0) is 17.3 Å². The fraction of sp³-hybridized carbons (Fsp3) is 0.621. The molecule has 196 valence electrons. The van der Waals surface area contributed by atoms with Crippen molar-refractivity contribution in [3.8, 4) is 5.75 Å². The number of hydrogen-bond acceptors (Lipinski definition) is 5. The molecule has 1 aromatic carbocycles. The quantitative estimate of drug-likeness (QED) is 0.483. The normalized spacial score (nSPS) is 18.9. The minimum atomic E-state index is -0.312. The first-order chi connectivity index (χ1) is 16.8. The highest BCUT2D eigenvalue weighted by Gasteiger charge is 2.32. The third kappa shape index (κ3) is 5.22. The molecule has 4 rings (SSSR count). The summed E-state index contributed by atoms with van der Waals surface area (Å²) in [5.74, 6) is 0.494. The molecule has 0 bridgehead atoms. The average Bonchev–Trinajstić information content (AvgIpc) is 3.19. The summed E-state index contributed by atoms with van der Waals surface area (Å²) in [5.41, 5.74) is 2.46. The van der Waals surface area contributed by atoms with Crippen molar-refractivity contribution >= 4 is 17.5 Å². The maximum Gasteiger partial charge on any atom is 0.328 e. The Hall–Kier alpha value is -2.28. The van der Waals surface area contributed by atoms with Crippen LogP contribution in [-0.4, -0.2) is 26.2 Å². The molecule has 0 amide bonds. The Morgan fingerprint density at radius 3 is 2.14 bits per heavy atom. The summed E-state index contributed by atoms with van der Waals surface area (Å²) >= 11 is 1.49. The van der Waals surface area contributed by atoms with E-state index in [2.05, 4.69) is 4.98 Å². The summed E-state index contributed by atoms with van der Waals surface area (Å²) in [5, 5.41) is 10.9. The van der Waals surface area contributed by atoms with Gasteiger partial charge in [-0.3, -0.25) is 14.2 Å². The van der Waals surface area contributed by atoms with Gasteiger partial charge in [0, 0.05) is 39.2 Å².